The van der Waals surface area contributed by atoms with E-state index in [0.717, 1.165) is 11.3 Å². The fraction of sp³-hybridized carbons (Fsp3) is 0.0435. The minimum atomic E-state index is 0.0623. The zero-order chi connectivity index (χ0) is 22.2. The summed E-state index contributed by atoms with van der Waals surface area (Å²) < 4.78 is 0. The van der Waals surface area contributed by atoms with Crippen LogP contribution < -0.4 is 16.1 Å². The molecule has 0 aliphatic carbocycles. The summed E-state index contributed by atoms with van der Waals surface area (Å²) in [6.07, 6.45) is 1.44. The van der Waals surface area contributed by atoms with Crippen LogP contribution in [-0.4, -0.2) is 26.3 Å². The maximum atomic E-state index is 9.92. The van der Waals surface area contributed by atoms with Gasteiger partial charge in [0, 0.05) is 22.8 Å². The Bertz CT molecular complexity index is 1200. The van der Waals surface area contributed by atoms with Gasteiger partial charge < -0.3 is 15.7 Å². The molecule has 9 heteroatoms. The Morgan fingerprint density at radius 2 is 1.53 bits per heavy atom. The number of nitrogens with one attached hydrogen (secondary N) is 3. The molecular weight excluding hydrogens is 426 g/mol. The van der Waals surface area contributed by atoms with Gasteiger partial charge in [0.15, 0.2) is 0 Å². The second-order valence-corrected chi connectivity index (χ2v) is 7.15. The maximum Gasteiger partial charge on any atom is 0.250 e. The molecule has 0 bridgehead atoms. The van der Waals surface area contributed by atoms with Crippen LogP contribution in [-0.2, 0) is 6.54 Å². The third-order valence-electron chi connectivity index (χ3n) is 4.32. The lowest BCUT2D eigenvalue weighted by Gasteiger charge is -2.10. The van der Waals surface area contributed by atoms with E-state index in [1.54, 1.807) is 12.1 Å². The van der Waals surface area contributed by atoms with E-state index in [0.29, 0.717) is 29.0 Å². The number of hydrazone groups is 1. The number of rotatable bonds is 8. The predicted molar refractivity (Wildman–Crippen MR) is 128 cm³/mol. The van der Waals surface area contributed by atoms with Crippen LogP contribution in [0.2, 0.25) is 5.02 Å². The number of anilines is 4. The molecule has 4 N–H and O–H groups in total. The Hall–Kier alpha value is -4.17. The molecule has 0 atom stereocenters. The molecule has 0 aliphatic heterocycles. The topological polar surface area (TPSA) is 107 Å². The van der Waals surface area contributed by atoms with Crippen molar-refractivity contribution < 1.29 is 5.11 Å². The van der Waals surface area contributed by atoms with Gasteiger partial charge in [-0.15, -0.1) is 0 Å². The van der Waals surface area contributed by atoms with Gasteiger partial charge in [-0.2, -0.15) is 20.1 Å². The molecule has 160 valence electrons. The highest BCUT2D eigenvalue weighted by molar-refractivity contribution is 6.30. The van der Waals surface area contributed by atoms with E-state index in [9.17, 15) is 5.11 Å². The number of hydrogen-bond acceptors (Lipinski definition) is 8. The third-order valence-corrected chi connectivity index (χ3v) is 4.55. The summed E-state index contributed by atoms with van der Waals surface area (Å²) in [6, 6.07) is 24.2. The Kier molecular flexibility index (Phi) is 6.74. The Morgan fingerprint density at radius 1 is 0.844 bits per heavy atom. The second-order valence-electron chi connectivity index (χ2n) is 6.71. The second kappa shape index (κ2) is 10.2. The van der Waals surface area contributed by atoms with Crippen molar-refractivity contribution in [2.75, 3.05) is 16.1 Å². The number of para-hydroxylation sites is 1. The van der Waals surface area contributed by atoms with Crippen LogP contribution in [0.1, 0.15) is 11.1 Å². The lowest BCUT2D eigenvalue weighted by Crippen LogP contribution is -2.09. The van der Waals surface area contributed by atoms with Crippen molar-refractivity contribution >= 4 is 41.3 Å². The van der Waals surface area contributed by atoms with Gasteiger partial charge in [0.05, 0.1) is 6.21 Å². The van der Waals surface area contributed by atoms with Crippen molar-refractivity contribution in [1.29, 1.82) is 0 Å². The average molecular weight is 446 g/mol. The largest absolute Gasteiger partial charge is 0.507 e. The molecule has 0 saturated heterocycles. The minimum absolute atomic E-state index is 0.0623. The maximum absolute atomic E-state index is 9.92. The van der Waals surface area contributed by atoms with Crippen molar-refractivity contribution in [2.24, 2.45) is 5.10 Å². The van der Waals surface area contributed by atoms with Crippen LogP contribution in [0.3, 0.4) is 0 Å². The highest BCUT2D eigenvalue weighted by Crippen LogP contribution is 2.20. The summed E-state index contributed by atoms with van der Waals surface area (Å²) in [5, 5.41) is 20.9. The van der Waals surface area contributed by atoms with E-state index in [1.165, 1.54) is 12.3 Å². The number of nitrogens with zero attached hydrogens (tertiary/aromatic N) is 4. The van der Waals surface area contributed by atoms with Crippen molar-refractivity contribution in [2.45, 2.75) is 6.54 Å². The van der Waals surface area contributed by atoms with E-state index in [2.05, 4.69) is 36.1 Å². The zero-order valence-corrected chi connectivity index (χ0v) is 17.7. The molecule has 3 aromatic carbocycles. The molecule has 0 fully saturated rings. The van der Waals surface area contributed by atoms with Crippen LogP contribution in [0.5, 0.6) is 5.75 Å². The first-order valence-electron chi connectivity index (χ1n) is 9.79. The number of phenols is 1. The number of halogens is 1. The molecule has 1 aromatic heterocycles. The summed E-state index contributed by atoms with van der Waals surface area (Å²) in [4.78, 5) is 13.2. The van der Waals surface area contributed by atoms with Crippen molar-refractivity contribution in [3.8, 4) is 5.75 Å². The predicted octanol–water partition coefficient (Wildman–Crippen LogP) is 5.03. The summed E-state index contributed by atoms with van der Waals surface area (Å²) >= 11 is 5.97. The van der Waals surface area contributed by atoms with Gasteiger partial charge in [0.2, 0.25) is 17.8 Å². The molecule has 0 spiro atoms. The van der Waals surface area contributed by atoms with Crippen molar-refractivity contribution in [3.05, 3.63) is 95.0 Å². The first-order chi connectivity index (χ1) is 15.7. The molecule has 4 aromatic rings. The summed E-state index contributed by atoms with van der Waals surface area (Å²) in [7, 11) is 0. The smallest absolute Gasteiger partial charge is 0.250 e. The molecule has 0 radical (unpaired) electrons. The van der Waals surface area contributed by atoms with Gasteiger partial charge in [0.25, 0.3) is 0 Å². The number of hydrogen-bond donors (Lipinski definition) is 4. The first kappa shape index (κ1) is 21.1. The van der Waals surface area contributed by atoms with Crippen molar-refractivity contribution in [3.63, 3.8) is 0 Å². The molecule has 0 unspecified atom stereocenters. The van der Waals surface area contributed by atoms with Crippen LogP contribution >= 0.6 is 11.6 Å². The minimum Gasteiger partial charge on any atom is -0.507 e. The van der Waals surface area contributed by atoms with Gasteiger partial charge in [-0.05, 0) is 35.9 Å². The Morgan fingerprint density at radius 3 is 2.31 bits per heavy atom. The standard InChI is InChI=1S/C23H20ClN7O/c24-18-11-12-20(32)17(13-18)15-26-31-23-29-21(25-14-16-7-3-1-4-8-16)28-22(30-23)27-19-9-5-2-6-10-19/h1-13,15,32H,14H2,(H3,25,27,28,29,30,31)/b26-15-. The van der Waals surface area contributed by atoms with E-state index >= 15 is 0 Å². The number of benzene rings is 3. The number of phenolic OH excluding ortho intramolecular Hbond substituents is 1. The van der Waals surface area contributed by atoms with Crippen LogP contribution in [0.4, 0.5) is 23.5 Å². The Balaban J connectivity index is 1.54. The lowest BCUT2D eigenvalue weighted by molar-refractivity contribution is 0.474. The highest BCUT2D eigenvalue weighted by Gasteiger charge is 2.07. The van der Waals surface area contributed by atoms with Crippen LogP contribution in [0, 0.1) is 0 Å². The SMILES string of the molecule is Oc1ccc(Cl)cc1/C=N\Nc1nc(NCc2ccccc2)nc(Nc2ccccc2)n1. The average Bonchev–Trinajstić information content (AvgIpc) is 2.81. The molecular formula is C23H20ClN7O. The van der Waals surface area contributed by atoms with E-state index in [-0.39, 0.29) is 11.7 Å². The number of aromatic hydroxyl groups is 1. The van der Waals surface area contributed by atoms with E-state index in [4.69, 9.17) is 11.6 Å². The third kappa shape index (κ3) is 5.93. The van der Waals surface area contributed by atoms with Crippen LogP contribution in [0.15, 0.2) is 84.0 Å². The van der Waals surface area contributed by atoms with Crippen molar-refractivity contribution in [1.82, 2.24) is 15.0 Å². The molecule has 32 heavy (non-hydrogen) atoms. The summed E-state index contributed by atoms with van der Waals surface area (Å²) in [5.74, 6) is 1.02. The fourth-order valence-corrected chi connectivity index (χ4v) is 2.96. The van der Waals surface area contributed by atoms with Crippen LogP contribution in [0.25, 0.3) is 0 Å². The normalized spacial score (nSPS) is 10.8. The molecule has 0 aliphatic rings. The zero-order valence-electron chi connectivity index (χ0n) is 16.9. The van der Waals surface area contributed by atoms with E-state index in [1.807, 2.05) is 60.7 Å². The molecule has 8 nitrogen and oxygen atoms in total. The molecule has 4 rings (SSSR count). The molecule has 0 saturated carbocycles. The number of aromatic nitrogens is 3. The summed E-state index contributed by atoms with van der Waals surface area (Å²) in [6.45, 7) is 0.550. The quantitative estimate of drug-likeness (QED) is 0.222. The van der Waals surface area contributed by atoms with E-state index < -0.39 is 0 Å². The molecule has 1 heterocycles. The highest BCUT2D eigenvalue weighted by atomic mass is 35.5. The first-order valence-corrected chi connectivity index (χ1v) is 10.2. The van der Waals surface area contributed by atoms with Gasteiger partial charge in [-0.25, -0.2) is 5.43 Å². The fourth-order valence-electron chi connectivity index (χ4n) is 2.78. The van der Waals surface area contributed by atoms with Gasteiger partial charge >= 0.3 is 0 Å². The lowest BCUT2D eigenvalue weighted by atomic mass is 10.2. The van der Waals surface area contributed by atoms with Gasteiger partial charge in [-0.1, -0.05) is 60.1 Å². The monoisotopic (exact) mass is 445 g/mol. The molecule has 0 amide bonds. The van der Waals surface area contributed by atoms with Gasteiger partial charge in [0.1, 0.15) is 5.75 Å². The van der Waals surface area contributed by atoms with Gasteiger partial charge in [-0.3, -0.25) is 0 Å². The summed E-state index contributed by atoms with van der Waals surface area (Å²) in [5.41, 5.74) is 5.17. The Labute approximate surface area is 190 Å².